The lowest BCUT2D eigenvalue weighted by Crippen LogP contribution is -1.94. The minimum Gasteiger partial charge on any atom is -0.383 e. The molecule has 0 unspecified atom stereocenters. The number of halogens is 1. The van der Waals surface area contributed by atoms with Crippen LogP contribution in [0.15, 0.2) is 48.1 Å². The van der Waals surface area contributed by atoms with Gasteiger partial charge in [-0.15, -0.1) is 11.3 Å². The van der Waals surface area contributed by atoms with E-state index in [1.165, 1.54) is 23.5 Å². The first-order valence-corrected chi connectivity index (χ1v) is 8.48. The number of nitrogens with two attached hydrogens (primary N) is 1. The maximum Gasteiger partial charge on any atom is 0.141 e. The molecular formula is C18H14FN5S. The Morgan fingerprint density at radius 3 is 2.60 bits per heavy atom. The van der Waals surface area contributed by atoms with E-state index in [9.17, 15) is 4.39 Å². The van der Waals surface area contributed by atoms with Crippen molar-refractivity contribution in [2.75, 3.05) is 5.73 Å². The number of pyridine rings is 1. The molecule has 5 nitrogen and oxygen atoms in total. The summed E-state index contributed by atoms with van der Waals surface area (Å²) in [5.74, 6) is 0.859. The summed E-state index contributed by atoms with van der Waals surface area (Å²) in [4.78, 5) is 16.6. The van der Waals surface area contributed by atoms with Crippen LogP contribution >= 0.6 is 11.3 Å². The van der Waals surface area contributed by atoms with Gasteiger partial charge in [-0.3, -0.25) is 0 Å². The molecule has 0 aliphatic heterocycles. The van der Waals surface area contributed by atoms with Gasteiger partial charge in [0.25, 0.3) is 0 Å². The average molecular weight is 351 g/mol. The first-order valence-electron chi connectivity index (χ1n) is 7.60. The van der Waals surface area contributed by atoms with E-state index in [0.717, 1.165) is 33.1 Å². The SMILES string of the molecule is Cc1cc(-c2nc(-c3ccc(F)cc3)[nH]c2-c2nccs2)cnc1N. The fourth-order valence-corrected chi connectivity index (χ4v) is 3.18. The van der Waals surface area contributed by atoms with E-state index in [0.29, 0.717) is 11.6 Å². The number of benzene rings is 1. The van der Waals surface area contributed by atoms with Gasteiger partial charge in [-0.1, -0.05) is 0 Å². The zero-order valence-electron chi connectivity index (χ0n) is 13.3. The molecule has 1 aromatic carbocycles. The Bertz CT molecular complexity index is 1020. The maximum atomic E-state index is 13.2. The number of nitrogens with one attached hydrogen (secondary N) is 1. The van der Waals surface area contributed by atoms with Crippen molar-refractivity contribution in [2.24, 2.45) is 0 Å². The molecule has 0 saturated carbocycles. The fourth-order valence-electron chi connectivity index (χ4n) is 2.54. The van der Waals surface area contributed by atoms with Crippen LogP contribution in [0.5, 0.6) is 0 Å². The van der Waals surface area contributed by atoms with Crippen molar-refractivity contribution in [3.05, 3.63) is 59.5 Å². The van der Waals surface area contributed by atoms with E-state index in [2.05, 4.69) is 15.0 Å². The van der Waals surface area contributed by atoms with Gasteiger partial charge in [0, 0.05) is 28.9 Å². The molecule has 0 amide bonds. The fraction of sp³-hybridized carbons (Fsp3) is 0.0556. The number of aryl methyl sites for hydroxylation is 1. The van der Waals surface area contributed by atoms with Crippen LogP contribution in [-0.2, 0) is 0 Å². The molecule has 3 heterocycles. The van der Waals surface area contributed by atoms with Gasteiger partial charge in [0.1, 0.15) is 33.9 Å². The van der Waals surface area contributed by atoms with Crippen molar-refractivity contribution in [3.8, 4) is 33.3 Å². The number of hydrogen-bond acceptors (Lipinski definition) is 5. The normalized spacial score (nSPS) is 11.0. The monoisotopic (exact) mass is 351 g/mol. The molecule has 25 heavy (non-hydrogen) atoms. The second-order valence-electron chi connectivity index (χ2n) is 5.58. The van der Waals surface area contributed by atoms with Crippen LogP contribution in [-0.4, -0.2) is 19.9 Å². The average Bonchev–Trinajstić information content (AvgIpc) is 3.27. The first kappa shape index (κ1) is 15.5. The zero-order chi connectivity index (χ0) is 17.4. The summed E-state index contributed by atoms with van der Waals surface area (Å²) in [6.07, 6.45) is 3.44. The van der Waals surface area contributed by atoms with E-state index in [4.69, 9.17) is 10.7 Å². The van der Waals surface area contributed by atoms with Crippen molar-refractivity contribution in [3.63, 3.8) is 0 Å². The molecule has 0 spiro atoms. The lowest BCUT2D eigenvalue weighted by atomic mass is 10.1. The molecule has 0 saturated heterocycles. The molecule has 7 heteroatoms. The molecule has 0 aliphatic carbocycles. The Kier molecular flexibility index (Phi) is 3.77. The second kappa shape index (κ2) is 6.10. The highest BCUT2D eigenvalue weighted by Crippen LogP contribution is 2.34. The Balaban J connectivity index is 1.89. The number of nitrogen functional groups attached to an aromatic ring is 1. The summed E-state index contributed by atoms with van der Waals surface area (Å²) in [5.41, 5.74) is 9.90. The van der Waals surface area contributed by atoms with Crippen LogP contribution in [0.25, 0.3) is 33.3 Å². The molecule has 0 aliphatic rings. The Morgan fingerprint density at radius 2 is 1.92 bits per heavy atom. The van der Waals surface area contributed by atoms with E-state index in [1.54, 1.807) is 24.5 Å². The van der Waals surface area contributed by atoms with E-state index in [-0.39, 0.29) is 5.82 Å². The van der Waals surface area contributed by atoms with Gasteiger partial charge in [0.15, 0.2) is 0 Å². The van der Waals surface area contributed by atoms with Crippen LogP contribution in [0.4, 0.5) is 10.2 Å². The number of aromatic nitrogens is 4. The number of thiazole rings is 1. The minimum absolute atomic E-state index is 0.283. The summed E-state index contributed by atoms with van der Waals surface area (Å²) >= 11 is 1.52. The Hall–Kier alpha value is -3.06. The number of nitrogens with zero attached hydrogens (tertiary/aromatic N) is 3. The Morgan fingerprint density at radius 1 is 1.12 bits per heavy atom. The third kappa shape index (κ3) is 2.89. The summed E-state index contributed by atoms with van der Waals surface area (Å²) in [5, 5.41) is 2.73. The molecule has 3 aromatic heterocycles. The molecule has 0 radical (unpaired) electrons. The van der Waals surface area contributed by atoms with E-state index >= 15 is 0 Å². The van der Waals surface area contributed by atoms with Crippen LogP contribution < -0.4 is 5.73 Å². The topological polar surface area (TPSA) is 80.5 Å². The van der Waals surface area contributed by atoms with Gasteiger partial charge in [-0.05, 0) is 42.8 Å². The molecule has 0 fully saturated rings. The summed E-state index contributed by atoms with van der Waals surface area (Å²) in [7, 11) is 0. The third-order valence-corrected chi connectivity index (χ3v) is 4.65. The van der Waals surface area contributed by atoms with Gasteiger partial charge in [-0.25, -0.2) is 19.3 Å². The van der Waals surface area contributed by atoms with Crippen LogP contribution in [0.1, 0.15) is 5.56 Å². The maximum absolute atomic E-state index is 13.2. The lowest BCUT2D eigenvalue weighted by Gasteiger charge is -2.03. The standard InChI is InChI=1S/C18H14FN5S/c1-10-8-12(9-22-16(10)20)14-15(18-21-6-7-25-18)24-17(23-14)11-2-4-13(19)5-3-11/h2-9H,1H3,(H2,20,22)(H,23,24). The van der Waals surface area contributed by atoms with E-state index < -0.39 is 0 Å². The predicted molar refractivity (Wildman–Crippen MR) is 97.5 cm³/mol. The molecule has 0 bridgehead atoms. The van der Waals surface area contributed by atoms with Crippen LogP contribution in [0.2, 0.25) is 0 Å². The molecule has 3 N–H and O–H groups in total. The highest BCUT2D eigenvalue weighted by Gasteiger charge is 2.17. The number of imidazole rings is 1. The minimum atomic E-state index is -0.283. The van der Waals surface area contributed by atoms with Crippen LogP contribution in [0.3, 0.4) is 0 Å². The first-order chi connectivity index (χ1) is 12.1. The van der Waals surface area contributed by atoms with Crippen molar-refractivity contribution in [1.29, 1.82) is 0 Å². The number of hydrogen-bond donors (Lipinski definition) is 2. The summed E-state index contributed by atoms with van der Waals surface area (Å²) < 4.78 is 13.2. The van der Waals surface area contributed by atoms with Crippen LogP contribution in [0, 0.1) is 12.7 Å². The largest absolute Gasteiger partial charge is 0.383 e. The van der Waals surface area contributed by atoms with Gasteiger partial charge in [0.05, 0.1) is 0 Å². The van der Waals surface area contributed by atoms with Crippen molar-refractivity contribution >= 4 is 17.2 Å². The quantitative estimate of drug-likeness (QED) is 0.577. The molecule has 4 rings (SSSR count). The second-order valence-corrected chi connectivity index (χ2v) is 6.47. The van der Waals surface area contributed by atoms with Crippen molar-refractivity contribution < 1.29 is 4.39 Å². The van der Waals surface area contributed by atoms with Gasteiger partial charge in [-0.2, -0.15) is 0 Å². The predicted octanol–water partition coefficient (Wildman–Crippen LogP) is 4.29. The molecular weight excluding hydrogens is 337 g/mol. The van der Waals surface area contributed by atoms with Crippen molar-refractivity contribution in [1.82, 2.24) is 19.9 Å². The molecule has 4 aromatic rings. The third-order valence-electron chi connectivity index (χ3n) is 3.86. The number of aromatic amines is 1. The highest BCUT2D eigenvalue weighted by atomic mass is 32.1. The number of H-pyrrole nitrogens is 1. The highest BCUT2D eigenvalue weighted by molar-refractivity contribution is 7.13. The van der Waals surface area contributed by atoms with Gasteiger partial charge in [0.2, 0.25) is 0 Å². The Labute approximate surface area is 147 Å². The smallest absolute Gasteiger partial charge is 0.141 e. The number of rotatable bonds is 3. The van der Waals surface area contributed by atoms with Gasteiger partial charge < -0.3 is 10.7 Å². The number of anilines is 1. The summed E-state index contributed by atoms with van der Waals surface area (Å²) in [6, 6.07) is 8.15. The summed E-state index contributed by atoms with van der Waals surface area (Å²) in [6.45, 7) is 1.91. The molecule has 0 atom stereocenters. The van der Waals surface area contributed by atoms with Crippen molar-refractivity contribution in [2.45, 2.75) is 6.92 Å². The lowest BCUT2D eigenvalue weighted by molar-refractivity contribution is 0.628. The zero-order valence-corrected chi connectivity index (χ0v) is 14.1. The van der Waals surface area contributed by atoms with Gasteiger partial charge >= 0.3 is 0 Å². The van der Waals surface area contributed by atoms with E-state index in [1.807, 2.05) is 18.4 Å². The molecule has 124 valence electrons.